The summed E-state index contributed by atoms with van der Waals surface area (Å²) in [6.45, 7) is 1.49. The van der Waals surface area contributed by atoms with Crippen molar-refractivity contribution in [2.24, 2.45) is 0 Å². The van der Waals surface area contributed by atoms with Crippen LogP contribution in [0.15, 0.2) is 48.5 Å². The molecule has 29 heavy (non-hydrogen) atoms. The third kappa shape index (κ3) is 3.43. The molecule has 2 fully saturated rings. The van der Waals surface area contributed by atoms with Crippen LogP contribution in [0.2, 0.25) is 0 Å². The van der Waals surface area contributed by atoms with Gasteiger partial charge >= 0.3 is 11.7 Å². The summed E-state index contributed by atoms with van der Waals surface area (Å²) in [5.41, 5.74) is 9.62. The molecule has 7 heteroatoms. The maximum atomic E-state index is 13.5. The van der Waals surface area contributed by atoms with Crippen LogP contribution < -0.4 is 4.74 Å². The van der Waals surface area contributed by atoms with Gasteiger partial charge in [0.1, 0.15) is 11.6 Å². The highest BCUT2D eigenvalue weighted by Gasteiger charge is 2.58. The number of halogens is 1. The van der Waals surface area contributed by atoms with Gasteiger partial charge in [0.25, 0.3) is 0 Å². The normalized spacial score (nSPS) is 23.3. The number of rotatable bonds is 5. The number of carbonyl (C=O) groups excluding carboxylic acids is 1. The number of piperidine rings is 1. The van der Waals surface area contributed by atoms with Crippen LogP contribution in [0.25, 0.3) is 5.53 Å². The lowest BCUT2D eigenvalue weighted by Crippen LogP contribution is -2.70. The Morgan fingerprint density at radius 2 is 1.90 bits per heavy atom. The van der Waals surface area contributed by atoms with Gasteiger partial charge in [0.05, 0.1) is 18.7 Å². The summed E-state index contributed by atoms with van der Waals surface area (Å²) in [4.78, 5) is 18.5. The Bertz CT molecular complexity index is 954. The highest BCUT2D eigenvalue weighted by atomic mass is 19.1. The van der Waals surface area contributed by atoms with Crippen LogP contribution in [0.3, 0.4) is 0 Å². The Labute approximate surface area is 168 Å². The minimum absolute atomic E-state index is 0.0291. The molecule has 0 N–H and O–H groups in total. The number of methoxy groups -OCH3 is 1. The molecule has 0 bridgehead atoms. The minimum atomic E-state index is -0.881. The lowest BCUT2D eigenvalue weighted by atomic mass is 9.73. The van der Waals surface area contributed by atoms with Gasteiger partial charge < -0.3 is 15.0 Å². The third-order valence-electron chi connectivity index (χ3n) is 5.85. The topological polar surface area (TPSA) is 75.2 Å². The fourth-order valence-electron chi connectivity index (χ4n) is 4.36. The number of ether oxygens (including phenoxy) is 2. The first-order valence-corrected chi connectivity index (χ1v) is 9.67. The third-order valence-corrected chi connectivity index (χ3v) is 5.85. The number of nitrogens with zero attached hydrogens (tertiary/aromatic N) is 3. The van der Waals surface area contributed by atoms with E-state index < -0.39 is 11.6 Å². The number of hydrogen-bond donors (Lipinski definition) is 0. The predicted molar refractivity (Wildman–Crippen MR) is 104 cm³/mol. The predicted octanol–water partition coefficient (Wildman–Crippen LogP) is 3.16. The maximum Gasteiger partial charge on any atom is 0.423 e. The highest BCUT2D eigenvalue weighted by molar-refractivity contribution is 6.40. The van der Waals surface area contributed by atoms with Crippen molar-refractivity contribution >= 4 is 11.7 Å². The quantitative estimate of drug-likeness (QED) is 0.337. The molecule has 2 aliphatic heterocycles. The zero-order valence-corrected chi connectivity index (χ0v) is 16.2. The van der Waals surface area contributed by atoms with E-state index in [4.69, 9.17) is 9.47 Å². The molecule has 0 spiro atoms. The molecule has 0 amide bonds. The minimum Gasteiger partial charge on any atom is -0.497 e. The van der Waals surface area contributed by atoms with Crippen LogP contribution >= 0.6 is 0 Å². The van der Waals surface area contributed by atoms with E-state index in [-0.39, 0.29) is 17.6 Å². The van der Waals surface area contributed by atoms with Crippen LogP contribution in [0.4, 0.5) is 4.39 Å². The molecule has 0 radical (unpaired) electrons. The number of hydrogen-bond acceptors (Lipinski definition) is 4. The molecule has 4 rings (SSSR count). The van der Waals surface area contributed by atoms with Crippen LogP contribution in [0.5, 0.6) is 5.75 Å². The number of carbonyl (C=O) groups is 1. The standard InChI is InChI=1S/C22H22FN3O3/c1-28-18-11-5-15(6-12-18)20(25-24)21(27)29-22(16-7-9-17(23)10-8-16)14-26-13-3-2-4-19(22)26/h5-12,19H,2-4,13-14H2,1H3/t19-,22+/m0/s1. The second-order valence-electron chi connectivity index (χ2n) is 7.45. The van der Waals surface area contributed by atoms with E-state index in [0.29, 0.717) is 17.9 Å². The molecule has 2 aliphatic rings. The van der Waals surface area contributed by atoms with Gasteiger partial charge in [-0.15, -0.1) is 0 Å². The molecule has 0 aromatic heterocycles. The molecule has 2 aromatic rings. The van der Waals surface area contributed by atoms with E-state index in [0.717, 1.165) is 31.4 Å². The lowest BCUT2D eigenvalue weighted by molar-refractivity contribution is -0.207. The van der Waals surface area contributed by atoms with Crippen molar-refractivity contribution < 1.29 is 23.4 Å². The summed E-state index contributed by atoms with van der Waals surface area (Å²) in [5, 5.41) is 0. The Morgan fingerprint density at radius 3 is 2.52 bits per heavy atom. The maximum absolute atomic E-state index is 13.5. The van der Waals surface area contributed by atoms with Gasteiger partial charge in [0.15, 0.2) is 5.60 Å². The largest absolute Gasteiger partial charge is 0.497 e. The number of benzene rings is 2. The first-order valence-electron chi connectivity index (χ1n) is 9.67. The van der Waals surface area contributed by atoms with Crippen molar-refractivity contribution in [3.63, 3.8) is 0 Å². The second kappa shape index (κ2) is 7.78. The van der Waals surface area contributed by atoms with E-state index in [1.165, 1.54) is 12.1 Å². The van der Waals surface area contributed by atoms with Gasteiger partial charge in [-0.05, 0) is 61.3 Å². The SMILES string of the molecule is COc1ccc(C(=[N+]=[N-])C(=O)O[C@@]2(c3ccc(F)cc3)CN3CCCC[C@H]32)cc1. The van der Waals surface area contributed by atoms with Gasteiger partial charge in [-0.1, -0.05) is 18.6 Å². The Kier molecular flexibility index (Phi) is 5.18. The average molecular weight is 395 g/mol. The second-order valence-corrected chi connectivity index (χ2v) is 7.45. The zero-order chi connectivity index (χ0) is 20.4. The molecule has 2 saturated heterocycles. The first-order chi connectivity index (χ1) is 14.1. The lowest BCUT2D eigenvalue weighted by Gasteiger charge is -2.58. The van der Waals surface area contributed by atoms with Crippen LogP contribution in [-0.2, 0) is 15.1 Å². The summed E-state index contributed by atoms with van der Waals surface area (Å²) in [6.07, 6.45) is 3.04. The fraction of sp³-hybridized carbons (Fsp3) is 0.364. The summed E-state index contributed by atoms with van der Waals surface area (Å²) in [6, 6.07) is 12.7. The Morgan fingerprint density at radius 1 is 1.17 bits per heavy atom. The Balaban J connectivity index is 1.64. The fourth-order valence-corrected chi connectivity index (χ4v) is 4.36. The summed E-state index contributed by atoms with van der Waals surface area (Å²) in [5.74, 6) is -0.433. The number of fused-ring (bicyclic) bond motifs is 1. The highest BCUT2D eigenvalue weighted by Crippen LogP contribution is 2.46. The van der Waals surface area contributed by atoms with E-state index in [1.54, 1.807) is 43.5 Å². The van der Waals surface area contributed by atoms with Crippen molar-refractivity contribution in [1.29, 1.82) is 0 Å². The van der Waals surface area contributed by atoms with Crippen molar-refractivity contribution in [1.82, 2.24) is 4.90 Å². The molecule has 2 heterocycles. The summed E-state index contributed by atoms with van der Waals surface area (Å²) >= 11 is 0. The van der Waals surface area contributed by atoms with Gasteiger partial charge in [-0.25, -0.2) is 9.18 Å². The van der Waals surface area contributed by atoms with Crippen molar-refractivity contribution in [3.8, 4) is 5.75 Å². The molecule has 0 unspecified atom stereocenters. The van der Waals surface area contributed by atoms with Gasteiger partial charge in [0, 0.05) is 6.54 Å². The van der Waals surface area contributed by atoms with E-state index in [2.05, 4.69) is 9.69 Å². The molecule has 150 valence electrons. The van der Waals surface area contributed by atoms with Gasteiger partial charge in [-0.2, -0.15) is 4.79 Å². The van der Waals surface area contributed by atoms with Crippen LogP contribution in [0, 0.1) is 5.82 Å². The summed E-state index contributed by atoms with van der Waals surface area (Å²) < 4.78 is 24.6. The average Bonchev–Trinajstić information content (AvgIpc) is 2.73. The molecule has 2 aromatic carbocycles. The van der Waals surface area contributed by atoms with Gasteiger partial charge in [0.2, 0.25) is 0 Å². The molecule has 0 saturated carbocycles. The molecular formula is C22H22FN3O3. The van der Waals surface area contributed by atoms with Crippen molar-refractivity contribution in [2.45, 2.75) is 30.9 Å². The molecular weight excluding hydrogens is 373 g/mol. The van der Waals surface area contributed by atoms with Crippen molar-refractivity contribution in [2.75, 3.05) is 20.2 Å². The molecule has 6 nitrogen and oxygen atoms in total. The van der Waals surface area contributed by atoms with Crippen LogP contribution in [-0.4, -0.2) is 47.6 Å². The smallest absolute Gasteiger partial charge is 0.423 e. The first kappa shape index (κ1) is 19.3. The number of esters is 1. The van der Waals surface area contributed by atoms with Crippen molar-refractivity contribution in [3.05, 3.63) is 71.0 Å². The van der Waals surface area contributed by atoms with E-state index >= 15 is 0 Å². The van der Waals surface area contributed by atoms with Crippen LogP contribution in [0.1, 0.15) is 30.4 Å². The van der Waals surface area contributed by atoms with Gasteiger partial charge in [-0.3, -0.25) is 4.90 Å². The zero-order valence-electron chi connectivity index (χ0n) is 16.2. The Hall–Kier alpha value is -3.02. The summed E-state index contributed by atoms with van der Waals surface area (Å²) in [7, 11) is 1.54. The molecule has 0 aliphatic carbocycles. The molecule has 2 atom stereocenters. The van der Waals surface area contributed by atoms with E-state index in [1.807, 2.05) is 0 Å². The monoisotopic (exact) mass is 395 g/mol. The van der Waals surface area contributed by atoms with E-state index in [9.17, 15) is 14.7 Å².